The van der Waals surface area contributed by atoms with E-state index >= 15 is 0 Å². The molecular formula is C10H17O2PS3. The molecule has 3 unspecified atom stereocenters. The number of fused-ring (bicyclic) bond motifs is 2. The molecule has 0 saturated carbocycles. The number of hydrogen-bond donors (Lipinski definition) is 0. The van der Waals surface area contributed by atoms with Gasteiger partial charge in [-0.15, -0.1) is 11.8 Å². The first-order valence-corrected chi connectivity index (χ1v) is 10.5. The van der Waals surface area contributed by atoms with Crippen LogP contribution >= 0.6 is 28.8 Å². The van der Waals surface area contributed by atoms with Crippen LogP contribution in [0.3, 0.4) is 0 Å². The predicted octanol–water partition coefficient (Wildman–Crippen LogP) is 3.83. The van der Waals surface area contributed by atoms with E-state index in [-0.39, 0.29) is 0 Å². The predicted molar refractivity (Wildman–Crippen MR) is 77.8 cm³/mol. The molecule has 6 heteroatoms. The molecule has 2 bridgehead atoms. The average Bonchev–Trinajstić information content (AvgIpc) is 2.33. The Morgan fingerprint density at radius 1 is 1.38 bits per heavy atom. The van der Waals surface area contributed by atoms with E-state index in [2.05, 4.69) is 23.9 Å². The van der Waals surface area contributed by atoms with E-state index < -0.39 is 5.69 Å². The summed E-state index contributed by atoms with van der Waals surface area (Å²) >= 11 is 9.29. The Bertz CT molecular complexity index is 313. The molecule has 1 saturated heterocycles. The van der Waals surface area contributed by atoms with Crippen LogP contribution in [0, 0.1) is 0 Å². The van der Waals surface area contributed by atoms with Gasteiger partial charge in [0.25, 0.3) is 0 Å². The Hall–Kier alpha value is 1.01. The van der Waals surface area contributed by atoms with E-state index in [1.165, 1.54) is 19.3 Å². The lowest BCUT2D eigenvalue weighted by Gasteiger charge is -2.37. The Labute approximate surface area is 111 Å². The second-order valence-corrected chi connectivity index (χ2v) is 12.0. The third-order valence-corrected chi connectivity index (χ3v) is 10.9. The molecule has 16 heavy (non-hydrogen) atoms. The van der Waals surface area contributed by atoms with E-state index in [1.54, 1.807) is 25.6 Å². The summed E-state index contributed by atoms with van der Waals surface area (Å²) in [5.41, 5.74) is -2.08. The number of allylic oxidation sites excluding steroid dienone is 1. The van der Waals surface area contributed by atoms with E-state index in [1.807, 2.05) is 0 Å². The topological polar surface area (TPSA) is 18.5 Å². The van der Waals surface area contributed by atoms with Crippen LogP contribution in [-0.2, 0) is 20.9 Å². The number of rotatable bonds is 4. The van der Waals surface area contributed by atoms with E-state index in [0.717, 1.165) is 5.25 Å². The van der Waals surface area contributed by atoms with Crippen LogP contribution in [0.15, 0.2) is 12.2 Å². The molecule has 0 spiro atoms. The normalized spacial score (nSPS) is 34.0. The highest BCUT2D eigenvalue weighted by atomic mass is 32.9. The highest BCUT2D eigenvalue weighted by molar-refractivity contribution is 8.68. The zero-order valence-electron chi connectivity index (χ0n) is 9.50. The molecule has 2 aliphatic rings. The molecule has 0 aromatic rings. The maximum atomic E-state index is 5.44. The van der Waals surface area contributed by atoms with E-state index in [9.17, 15) is 0 Å². The van der Waals surface area contributed by atoms with E-state index in [0.29, 0.717) is 10.5 Å². The van der Waals surface area contributed by atoms with Crippen LogP contribution in [0.4, 0.5) is 0 Å². The molecule has 0 aromatic heterocycles. The standard InChI is InChI=1S/C10H17O2PS3/c1-11-13(14,12-2)16-10-7-6-8-4-3-5-9(10)15-8/h3-4,8-10H,5-7H2,1-2H3. The first-order chi connectivity index (χ1) is 7.67. The van der Waals surface area contributed by atoms with Crippen LogP contribution < -0.4 is 0 Å². The zero-order chi connectivity index (χ0) is 11.6. The van der Waals surface area contributed by atoms with Gasteiger partial charge >= 0.3 is 0 Å². The van der Waals surface area contributed by atoms with Gasteiger partial charge in [-0.25, -0.2) is 0 Å². The fourth-order valence-electron chi connectivity index (χ4n) is 2.06. The quantitative estimate of drug-likeness (QED) is 0.578. The highest BCUT2D eigenvalue weighted by Crippen LogP contribution is 2.64. The van der Waals surface area contributed by atoms with Crippen LogP contribution in [0.25, 0.3) is 0 Å². The summed E-state index contributed by atoms with van der Waals surface area (Å²) in [5.74, 6) is 0. The zero-order valence-corrected chi connectivity index (χ0v) is 12.8. The van der Waals surface area contributed by atoms with Crippen LogP contribution in [0.1, 0.15) is 19.3 Å². The van der Waals surface area contributed by atoms with Gasteiger partial charge in [-0.2, -0.15) is 0 Å². The summed E-state index contributed by atoms with van der Waals surface area (Å²) in [4.78, 5) is 0. The first-order valence-electron chi connectivity index (χ1n) is 5.39. The number of hydrogen-bond acceptors (Lipinski definition) is 5. The van der Waals surface area contributed by atoms with Crippen molar-refractivity contribution in [3.63, 3.8) is 0 Å². The van der Waals surface area contributed by atoms with Crippen molar-refractivity contribution in [1.82, 2.24) is 0 Å². The van der Waals surface area contributed by atoms with Crippen molar-refractivity contribution >= 4 is 40.6 Å². The van der Waals surface area contributed by atoms with Crippen molar-refractivity contribution in [3.8, 4) is 0 Å². The third-order valence-electron chi connectivity index (χ3n) is 2.93. The van der Waals surface area contributed by atoms with Crippen molar-refractivity contribution in [2.24, 2.45) is 0 Å². The van der Waals surface area contributed by atoms with Crippen molar-refractivity contribution < 1.29 is 9.05 Å². The SMILES string of the molecule is COP(=S)(OC)SC1CCC2C=CCC1S2. The van der Waals surface area contributed by atoms with Crippen molar-refractivity contribution in [1.29, 1.82) is 0 Å². The molecule has 2 aliphatic heterocycles. The highest BCUT2D eigenvalue weighted by Gasteiger charge is 2.35. The minimum absolute atomic E-state index is 0.594. The monoisotopic (exact) mass is 296 g/mol. The maximum absolute atomic E-state index is 5.44. The van der Waals surface area contributed by atoms with Gasteiger partial charge in [-0.3, -0.25) is 0 Å². The summed E-state index contributed by atoms with van der Waals surface area (Å²) in [5, 5.41) is 2.02. The lowest BCUT2D eigenvalue weighted by atomic mass is 10.0. The molecule has 3 atom stereocenters. The Morgan fingerprint density at radius 2 is 2.12 bits per heavy atom. The van der Waals surface area contributed by atoms with Gasteiger partial charge in [-0.1, -0.05) is 23.5 Å². The van der Waals surface area contributed by atoms with Crippen LogP contribution in [0.5, 0.6) is 0 Å². The van der Waals surface area contributed by atoms with Gasteiger partial charge < -0.3 is 9.05 Å². The van der Waals surface area contributed by atoms with Gasteiger partial charge in [0.05, 0.1) is 0 Å². The third kappa shape index (κ3) is 3.06. The minimum Gasteiger partial charge on any atom is -0.325 e. The molecule has 2 heterocycles. The average molecular weight is 296 g/mol. The van der Waals surface area contributed by atoms with Crippen molar-refractivity contribution in [3.05, 3.63) is 12.2 Å². The summed E-state index contributed by atoms with van der Waals surface area (Å²) in [6.45, 7) is 0. The van der Waals surface area contributed by atoms with Gasteiger partial charge in [0.1, 0.15) is 0 Å². The fourth-order valence-corrected chi connectivity index (χ4v) is 8.52. The smallest absolute Gasteiger partial charge is 0.247 e. The summed E-state index contributed by atoms with van der Waals surface area (Å²) in [6, 6.07) is 0. The van der Waals surface area contributed by atoms with Crippen LogP contribution in [-0.4, -0.2) is 30.0 Å². The van der Waals surface area contributed by atoms with Crippen molar-refractivity contribution in [2.45, 2.75) is 35.0 Å². The Kier molecular flexibility index (Phi) is 4.84. The summed E-state index contributed by atoms with van der Waals surface area (Å²) in [6.07, 6.45) is 8.34. The molecular weight excluding hydrogens is 279 g/mol. The van der Waals surface area contributed by atoms with Gasteiger partial charge in [0, 0.05) is 30.0 Å². The first kappa shape index (κ1) is 13.4. The molecule has 0 N–H and O–H groups in total. The lowest BCUT2D eigenvalue weighted by Crippen LogP contribution is -2.30. The van der Waals surface area contributed by atoms with Crippen LogP contribution in [0.2, 0.25) is 0 Å². The molecule has 0 amide bonds. The molecule has 0 aliphatic carbocycles. The lowest BCUT2D eigenvalue weighted by molar-refractivity contribution is 0.353. The Balaban J connectivity index is 2.00. The molecule has 2 nitrogen and oxygen atoms in total. The summed E-state index contributed by atoms with van der Waals surface area (Å²) in [7, 11) is 3.33. The molecule has 0 aromatic carbocycles. The van der Waals surface area contributed by atoms with E-state index in [4.69, 9.17) is 20.9 Å². The number of thioether (sulfide) groups is 1. The minimum atomic E-state index is -2.08. The molecule has 0 radical (unpaired) electrons. The molecule has 1 fully saturated rings. The van der Waals surface area contributed by atoms with Crippen molar-refractivity contribution in [2.75, 3.05) is 14.2 Å². The summed E-state index contributed by atoms with van der Waals surface area (Å²) < 4.78 is 10.7. The second kappa shape index (κ2) is 5.77. The van der Waals surface area contributed by atoms with Gasteiger partial charge in [-0.05, 0) is 31.1 Å². The molecule has 92 valence electrons. The molecule has 2 rings (SSSR count). The fraction of sp³-hybridized carbons (Fsp3) is 0.800. The second-order valence-electron chi connectivity index (χ2n) is 3.91. The van der Waals surface area contributed by atoms with Gasteiger partial charge in [0.2, 0.25) is 5.69 Å². The largest absolute Gasteiger partial charge is 0.325 e. The maximum Gasteiger partial charge on any atom is 0.247 e. The Morgan fingerprint density at radius 3 is 2.81 bits per heavy atom. The van der Waals surface area contributed by atoms with Gasteiger partial charge in [0.15, 0.2) is 0 Å².